The zero-order valence-corrected chi connectivity index (χ0v) is 17.4. The number of hydrogen-bond acceptors (Lipinski definition) is 7. The van der Waals surface area contributed by atoms with Crippen LogP contribution in [0.25, 0.3) is 0 Å². The topological polar surface area (TPSA) is 93.4 Å². The van der Waals surface area contributed by atoms with E-state index in [1.165, 1.54) is 19.0 Å². The van der Waals surface area contributed by atoms with Crippen molar-refractivity contribution >= 4 is 11.5 Å². The van der Waals surface area contributed by atoms with Gasteiger partial charge in [-0.2, -0.15) is 9.97 Å². The van der Waals surface area contributed by atoms with Gasteiger partial charge in [-0.1, -0.05) is 38.2 Å². The monoisotopic (exact) mass is 401 g/mol. The van der Waals surface area contributed by atoms with Crippen LogP contribution in [-0.2, 0) is 0 Å². The molecule has 8 nitrogen and oxygen atoms in total. The molecule has 0 spiro atoms. The minimum Gasteiger partial charge on any atom is -0.463 e. The van der Waals surface area contributed by atoms with Gasteiger partial charge in [0.2, 0.25) is 5.82 Å². The Morgan fingerprint density at radius 3 is 2.79 bits per heavy atom. The van der Waals surface area contributed by atoms with Gasteiger partial charge >= 0.3 is 11.7 Å². The van der Waals surface area contributed by atoms with Gasteiger partial charge in [-0.05, 0) is 50.4 Å². The van der Waals surface area contributed by atoms with Crippen LogP contribution in [0.5, 0.6) is 6.01 Å². The molecule has 1 N–H and O–H groups in total. The van der Waals surface area contributed by atoms with E-state index in [1.807, 2.05) is 19.1 Å². The summed E-state index contributed by atoms with van der Waals surface area (Å²) >= 11 is 0. The number of anilines is 1. The van der Waals surface area contributed by atoms with Gasteiger partial charge in [-0.25, -0.2) is 0 Å². The smallest absolute Gasteiger partial charge is 0.329 e. The van der Waals surface area contributed by atoms with Crippen LogP contribution in [0.1, 0.15) is 39.5 Å². The summed E-state index contributed by atoms with van der Waals surface area (Å²) in [6.45, 7) is 11.9. The normalized spacial score (nSPS) is 15.4. The highest BCUT2D eigenvalue weighted by atomic mass is 16.6. The fraction of sp³-hybridized carbons (Fsp3) is 0.524. The lowest BCUT2D eigenvalue weighted by Gasteiger charge is -2.16. The van der Waals surface area contributed by atoms with Crippen LogP contribution in [0.3, 0.4) is 0 Å². The SMILES string of the molecule is C=C/C(=C\C(=C/C)CNc1nc(OCCCC)ncc1[N+](=O)[O-])CN1CCCC1. The van der Waals surface area contributed by atoms with Crippen molar-refractivity contribution < 1.29 is 9.66 Å². The summed E-state index contributed by atoms with van der Waals surface area (Å²) in [5, 5.41) is 14.4. The standard InChI is InChI=1S/C21H31N5O3/c1-4-7-12-29-21-23-15-19(26(27)28)20(24-21)22-14-17(5-2)13-18(6-3)16-25-10-8-9-11-25/h5-6,13,15H,3-4,7-12,14,16H2,1-2H3,(H,22,23,24)/b17-5+,18-13+. The average molecular weight is 402 g/mol. The molecule has 0 unspecified atom stereocenters. The molecular formula is C21H31N5O3. The van der Waals surface area contributed by atoms with E-state index < -0.39 is 4.92 Å². The number of aromatic nitrogens is 2. The third-order valence-electron chi connectivity index (χ3n) is 4.74. The fourth-order valence-electron chi connectivity index (χ4n) is 3.03. The first-order valence-corrected chi connectivity index (χ1v) is 10.2. The number of rotatable bonds is 12. The average Bonchev–Trinajstić information content (AvgIpc) is 3.23. The Balaban J connectivity index is 2.07. The molecule has 1 saturated heterocycles. The van der Waals surface area contributed by atoms with E-state index in [9.17, 15) is 10.1 Å². The summed E-state index contributed by atoms with van der Waals surface area (Å²) in [5.41, 5.74) is 1.95. The summed E-state index contributed by atoms with van der Waals surface area (Å²) in [4.78, 5) is 21.4. The third-order valence-corrected chi connectivity index (χ3v) is 4.74. The van der Waals surface area contributed by atoms with E-state index in [0.717, 1.165) is 43.6 Å². The predicted octanol–water partition coefficient (Wildman–Crippen LogP) is 4.13. The van der Waals surface area contributed by atoms with E-state index in [4.69, 9.17) is 4.74 Å². The number of likely N-dealkylation sites (tertiary alicyclic amines) is 1. The Hall–Kier alpha value is -2.74. The molecule has 2 heterocycles. The molecule has 1 aliphatic rings. The fourth-order valence-corrected chi connectivity index (χ4v) is 3.03. The van der Waals surface area contributed by atoms with Crippen LogP contribution < -0.4 is 10.1 Å². The molecule has 0 saturated carbocycles. The van der Waals surface area contributed by atoms with Crippen molar-refractivity contribution in [2.24, 2.45) is 0 Å². The molecule has 0 amide bonds. The van der Waals surface area contributed by atoms with E-state index in [2.05, 4.69) is 39.8 Å². The lowest BCUT2D eigenvalue weighted by molar-refractivity contribution is -0.384. The van der Waals surface area contributed by atoms with E-state index in [-0.39, 0.29) is 17.5 Å². The number of unbranched alkanes of at least 4 members (excludes halogenated alkanes) is 1. The van der Waals surface area contributed by atoms with Gasteiger partial charge in [0.15, 0.2) is 0 Å². The quantitative estimate of drug-likeness (QED) is 0.244. The molecule has 1 aromatic rings. The number of nitro groups is 1. The van der Waals surface area contributed by atoms with Crippen molar-refractivity contribution in [1.82, 2.24) is 14.9 Å². The second kappa shape index (κ2) is 12.0. The number of nitrogens with one attached hydrogen (secondary N) is 1. The van der Waals surface area contributed by atoms with Crippen molar-refractivity contribution in [3.05, 3.63) is 52.3 Å². The molecule has 8 heteroatoms. The second-order valence-corrected chi connectivity index (χ2v) is 6.97. The molecule has 2 rings (SSSR count). The molecule has 29 heavy (non-hydrogen) atoms. The number of ether oxygens (including phenoxy) is 1. The van der Waals surface area contributed by atoms with Crippen LogP contribution >= 0.6 is 0 Å². The van der Waals surface area contributed by atoms with Gasteiger partial charge in [-0.15, -0.1) is 0 Å². The van der Waals surface area contributed by atoms with Gasteiger partial charge in [0.25, 0.3) is 0 Å². The predicted molar refractivity (Wildman–Crippen MR) is 115 cm³/mol. The summed E-state index contributed by atoms with van der Waals surface area (Å²) in [5.74, 6) is 0.156. The summed E-state index contributed by atoms with van der Waals surface area (Å²) in [7, 11) is 0. The van der Waals surface area contributed by atoms with Crippen molar-refractivity contribution in [2.75, 3.05) is 38.1 Å². The number of nitrogens with zero attached hydrogens (tertiary/aromatic N) is 4. The van der Waals surface area contributed by atoms with Gasteiger partial charge in [-0.3, -0.25) is 15.0 Å². The van der Waals surface area contributed by atoms with Crippen LogP contribution in [-0.4, -0.2) is 52.6 Å². The molecule has 0 bridgehead atoms. The minimum atomic E-state index is -0.494. The third kappa shape index (κ3) is 7.30. The maximum atomic E-state index is 11.3. The minimum absolute atomic E-state index is 0.143. The van der Waals surface area contributed by atoms with Crippen LogP contribution in [0, 0.1) is 10.1 Å². The molecule has 0 radical (unpaired) electrons. The maximum Gasteiger partial charge on any atom is 0.329 e. The zero-order chi connectivity index (χ0) is 21.1. The number of allylic oxidation sites excluding steroid dienone is 1. The van der Waals surface area contributed by atoms with Crippen LogP contribution in [0.15, 0.2) is 42.2 Å². The Morgan fingerprint density at radius 1 is 1.41 bits per heavy atom. The van der Waals surface area contributed by atoms with E-state index in [1.54, 1.807) is 0 Å². The zero-order valence-electron chi connectivity index (χ0n) is 17.4. The van der Waals surface area contributed by atoms with Crippen LogP contribution in [0.4, 0.5) is 11.5 Å². The molecule has 0 aromatic carbocycles. The first kappa shape index (κ1) is 22.5. The molecule has 1 aromatic heterocycles. The molecule has 0 aliphatic carbocycles. The summed E-state index contributed by atoms with van der Waals surface area (Å²) < 4.78 is 5.48. The van der Waals surface area contributed by atoms with E-state index >= 15 is 0 Å². The van der Waals surface area contributed by atoms with Gasteiger partial charge in [0.05, 0.1) is 11.5 Å². The molecule has 158 valence electrons. The van der Waals surface area contributed by atoms with E-state index in [0.29, 0.717) is 13.2 Å². The summed E-state index contributed by atoms with van der Waals surface area (Å²) in [6, 6.07) is 0.143. The lowest BCUT2D eigenvalue weighted by atomic mass is 10.1. The van der Waals surface area contributed by atoms with Gasteiger partial charge in [0.1, 0.15) is 6.20 Å². The first-order chi connectivity index (χ1) is 14.1. The van der Waals surface area contributed by atoms with Gasteiger partial charge < -0.3 is 10.1 Å². The van der Waals surface area contributed by atoms with Crippen molar-refractivity contribution in [3.8, 4) is 6.01 Å². The Bertz CT molecular complexity index is 755. The highest BCUT2D eigenvalue weighted by Crippen LogP contribution is 2.23. The molecule has 0 atom stereocenters. The molecule has 1 fully saturated rings. The lowest BCUT2D eigenvalue weighted by Crippen LogP contribution is -2.21. The first-order valence-electron chi connectivity index (χ1n) is 10.2. The highest BCUT2D eigenvalue weighted by molar-refractivity contribution is 5.56. The Labute approximate surface area is 172 Å². The van der Waals surface area contributed by atoms with Crippen LogP contribution in [0.2, 0.25) is 0 Å². The van der Waals surface area contributed by atoms with Gasteiger partial charge in [0, 0.05) is 13.1 Å². The van der Waals surface area contributed by atoms with Crippen molar-refractivity contribution in [2.45, 2.75) is 39.5 Å². The Morgan fingerprint density at radius 2 is 2.17 bits per heavy atom. The van der Waals surface area contributed by atoms with Crippen molar-refractivity contribution in [1.29, 1.82) is 0 Å². The van der Waals surface area contributed by atoms with Crippen molar-refractivity contribution in [3.63, 3.8) is 0 Å². The molecular weight excluding hydrogens is 370 g/mol. The molecule has 1 aliphatic heterocycles. The summed E-state index contributed by atoms with van der Waals surface area (Å²) in [6.07, 6.45) is 11.4. The highest BCUT2D eigenvalue weighted by Gasteiger charge is 2.18. The second-order valence-electron chi connectivity index (χ2n) is 6.97. The number of hydrogen-bond donors (Lipinski definition) is 1. The Kier molecular flexibility index (Phi) is 9.30. The maximum absolute atomic E-state index is 11.3. The largest absolute Gasteiger partial charge is 0.463 e.